The smallest absolute Gasteiger partial charge is 0.306 e. The lowest BCUT2D eigenvalue weighted by Crippen LogP contribution is -2.44. The van der Waals surface area contributed by atoms with Crippen molar-refractivity contribution in [1.82, 2.24) is 0 Å². The molecular formula is C19H36O5. The zero-order valence-corrected chi connectivity index (χ0v) is 16.2. The van der Waals surface area contributed by atoms with E-state index in [1.54, 1.807) is 0 Å². The molecule has 24 heavy (non-hydrogen) atoms. The first kappa shape index (κ1) is 21.4. The van der Waals surface area contributed by atoms with E-state index in [1.807, 2.05) is 34.6 Å². The summed E-state index contributed by atoms with van der Waals surface area (Å²) < 4.78 is 17.0. The molecule has 1 saturated heterocycles. The summed E-state index contributed by atoms with van der Waals surface area (Å²) in [6.45, 7) is 11.8. The van der Waals surface area contributed by atoms with Crippen LogP contribution in [0.25, 0.3) is 0 Å². The molecule has 0 amide bonds. The standard InChI is InChI=1S/C19H36O5/c1-7-16(11-18(21)22-12(2)3)9-8-14(5)23-19-13(4)10-17(20)15(6)24-19/h12-17,19-20H,7-11H2,1-6H3/t13-,14-,15+,16-,17-,19-/m1/s1. The Kier molecular flexibility index (Phi) is 9.24. The zero-order valence-electron chi connectivity index (χ0n) is 16.2. The van der Waals surface area contributed by atoms with Gasteiger partial charge in [0.1, 0.15) is 0 Å². The van der Waals surface area contributed by atoms with Crippen LogP contribution in [0.15, 0.2) is 0 Å². The summed E-state index contributed by atoms with van der Waals surface area (Å²) in [5.74, 6) is 0.395. The summed E-state index contributed by atoms with van der Waals surface area (Å²) in [7, 11) is 0. The molecule has 0 aromatic rings. The fourth-order valence-electron chi connectivity index (χ4n) is 3.05. The van der Waals surface area contributed by atoms with E-state index in [0.29, 0.717) is 18.8 Å². The minimum Gasteiger partial charge on any atom is -0.463 e. The third-order valence-electron chi connectivity index (χ3n) is 4.72. The van der Waals surface area contributed by atoms with E-state index in [9.17, 15) is 9.90 Å². The molecule has 1 heterocycles. The first-order valence-corrected chi connectivity index (χ1v) is 9.41. The van der Waals surface area contributed by atoms with Crippen LogP contribution < -0.4 is 0 Å². The van der Waals surface area contributed by atoms with Gasteiger partial charge < -0.3 is 19.3 Å². The highest BCUT2D eigenvalue weighted by Crippen LogP contribution is 2.28. The van der Waals surface area contributed by atoms with Gasteiger partial charge in [0, 0.05) is 12.3 Å². The summed E-state index contributed by atoms with van der Waals surface area (Å²) in [5, 5.41) is 9.83. The number of hydrogen-bond acceptors (Lipinski definition) is 5. The molecule has 142 valence electrons. The molecule has 0 radical (unpaired) electrons. The highest BCUT2D eigenvalue weighted by atomic mass is 16.7. The molecule has 1 N–H and O–H groups in total. The van der Waals surface area contributed by atoms with Crippen LogP contribution in [0.3, 0.4) is 0 Å². The molecular weight excluding hydrogens is 308 g/mol. The van der Waals surface area contributed by atoms with Crippen LogP contribution in [0.5, 0.6) is 0 Å². The van der Waals surface area contributed by atoms with E-state index in [4.69, 9.17) is 14.2 Å². The van der Waals surface area contributed by atoms with Gasteiger partial charge >= 0.3 is 5.97 Å². The lowest BCUT2D eigenvalue weighted by atomic mass is 9.94. The van der Waals surface area contributed by atoms with Crippen LogP contribution in [0, 0.1) is 11.8 Å². The van der Waals surface area contributed by atoms with Gasteiger partial charge in [-0.3, -0.25) is 4.79 Å². The number of ether oxygens (including phenoxy) is 3. The van der Waals surface area contributed by atoms with Crippen molar-refractivity contribution < 1.29 is 24.1 Å². The molecule has 0 bridgehead atoms. The number of esters is 1. The van der Waals surface area contributed by atoms with Gasteiger partial charge in [0.05, 0.1) is 24.4 Å². The van der Waals surface area contributed by atoms with Crippen LogP contribution in [0.4, 0.5) is 0 Å². The third-order valence-corrected chi connectivity index (χ3v) is 4.72. The van der Waals surface area contributed by atoms with E-state index >= 15 is 0 Å². The monoisotopic (exact) mass is 344 g/mol. The Bertz CT molecular complexity index is 371. The minimum atomic E-state index is -0.411. The van der Waals surface area contributed by atoms with Gasteiger partial charge in [0.2, 0.25) is 0 Å². The van der Waals surface area contributed by atoms with Crippen molar-refractivity contribution in [3.05, 3.63) is 0 Å². The fourth-order valence-corrected chi connectivity index (χ4v) is 3.05. The maximum atomic E-state index is 11.8. The zero-order chi connectivity index (χ0) is 18.3. The Labute approximate surface area is 147 Å². The van der Waals surface area contributed by atoms with Gasteiger partial charge in [0.15, 0.2) is 6.29 Å². The summed E-state index contributed by atoms with van der Waals surface area (Å²) >= 11 is 0. The fraction of sp³-hybridized carbons (Fsp3) is 0.947. The molecule has 0 saturated carbocycles. The van der Waals surface area contributed by atoms with Crippen LogP contribution in [-0.4, -0.2) is 41.8 Å². The first-order chi connectivity index (χ1) is 11.2. The predicted molar refractivity (Wildman–Crippen MR) is 93.5 cm³/mol. The highest BCUT2D eigenvalue weighted by Gasteiger charge is 2.33. The van der Waals surface area contributed by atoms with Crippen molar-refractivity contribution in [3.8, 4) is 0 Å². The van der Waals surface area contributed by atoms with Crippen molar-refractivity contribution in [2.75, 3.05) is 0 Å². The molecule has 5 heteroatoms. The third kappa shape index (κ3) is 7.49. The summed E-state index contributed by atoms with van der Waals surface area (Å²) in [5.41, 5.74) is 0. The van der Waals surface area contributed by atoms with Gasteiger partial charge in [-0.2, -0.15) is 0 Å². The van der Waals surface area contributed by atoms with Gasteiger partial charge in [0.25, 0.3) is 0 Å². The van der Waals surface area contributed by atoms with Crippen LogP contribution in [-0.2, 0) is 19.0 Å². The Balaban J connectivity index is 2.35. The molecule has 1 fully saturated rings. The molecule has 0 unspecified atom stereocenters. The number of hydrogen-bond donors (Lipinski definition) is 1. The highest BCUT2D eigenvalue weighted by molar-refractivity contribution is 5.69. The number of carbonyl (C=O) groups is 1. The topological polar surface area (TPSA) is 65.0 Å². The number of aliphatic hydroxyl groups excluding tert-OH is 1. The summed E-state index contributed by atoms with van der Waals surface area (Å²) in [4.78, 5) is 11.8. The Hall–Kier alpha value is -0.650. The van der Waals surface area contributed by atoms with Crippen molar-refractivity contribution in [3.63, 3.8) is 0 Å². The second-order valence-electron chi connectivity index (χ2n) is 7.53. The average Bonchev–Trinajstić information content (AvgIpc) is 2.48. The number of rotatable bonds is 9. The molecule has 5 nitrogen and oxygen atoms in total. The van der Waals surface area contributed by atoms with E-state index in [0.717, 1.165) is 19.3 Å². The quantitative estimate of drug-likeness (QED) is 0.647. The SMILES string of the molecule is CC[C@H](CC[C@@H](C)O[C@@H]1O[C@@H](C)[C@H](O)C[C@H]1C)CC(=O)OC(C)C. The minimum absolute atomic E-state index is 0.0560. The van der Waals surface area contributed by atoms with Gasteiger partial charge in [-0.15, -0.1) is 0 Å². The van der Waals surface area contributed by atoms with Crippen molar-refractivity contribution in [2.24, 2.45) is 11.8 Å². The van der Waals surface area contributed by atoms with E-state index < -0.39 is 6.10 Å². The van der Waals surface area contributed by atoms with E-state index in [-0.39, 0.29) is 36.5 Å². The van der Waals surface area contributed by atoms with Crippen molar-refractivity contribution >= 4 is 5.97 Å². The first-order valence-electron chi connectivity index (χ1n) is 9.41. The summed E-state index contributed by atoms with van der Waals surface area (Å²) in [6, 6.07) is 0. The molecule has 1 aliphatic heterocycles. The molecule has 0 spiro atoms. The molecule has 1 rings (SSSR count). The Morgan fingerprint density at radius 1 is 1.25 bits per heavy atom. The van der Waals surface area contributed by atoms with Crippen LogP contribution in [0.2, 0.25) is 0 Å². The predicted octanol–water partition coefficient (Wildman–Crippen LogP) is 3.67. The van der Waals surface area contributed by atoms with E-state index in [1.165, 1.54) is 0 Å². The van der Waals surface area contributed by atoms with Crippen LogP contribution in [0.1, 0.15) is 73.6 Å². The van der Waals surface area contributed by atoms with Crippen molar-refractivity contribution in [2.45, 2.75) is 104 Å². The molecule has 0 aromatic carbocycles. The lowest BCUT2D eigenvalue weighted by molar-refractivity contribution is -0.255. The molecule has 6 atom stereocenters. The Morgan fingerprint density at radius 3 is 2.50 bits per heavy atom. The van der Waals surface area contributed by atoms with Gasteiger partial charge in [-0.25, -0.2) is 0 Å². The maximum Gasteiger partial charge on any atom is 0.306 e. The number of carbonyl (C=O) groups excluding carboxylic acids is 1. The molecule has 0 aliphatic carbocycles. The molecule has 1 aliphatic rings. The second kappa shape index (κ2) is 10.4. The average molecular weight is 344 g/mol. The second-order valence-corrected chi connectivity index (χ2v) is 7.53. The maximum absolute atomic E-state index is 11.8. The largest absolute Gasteiger partial charge is 0.463 e. The molecule has 0 aromatic heterocycles. The number of aliphatic hydroxyl groups is 1. The van der Waals surface area contributed by atoms with Gasteiger partial charge in [-0.05, 0) is 52.9 Å². The van der Waals surface area contributed by atoms with Crippen LogP contribution >= 0.6 is 0 Å². The summed E-state index contributed by atoms with van der Waals surface area (Å²) in [6.07, 6.45) is 3.11. The van der Waals surface area contributed by atoms with Gasteiger partial charge in [-0.1, -0.05) is 20.3 Å². The lowest BCUT2D eigenvalue weighted by Gasteiger charge is -2.37. The Morgan fingerprint density at radius 2 is 1.92 bits per heavy atom. The van der Waals surface area contributed by atoms with Crippen molar-refractivity contribution in [1.29, 1.82) is 0 Å². The van der Waals surface area contributed by atoms with E-state index in [2.05, 4.69) is 6.92 Å². The normalized spacial score (nSPS) is 30.2.